The SMILES string of the molecule is COc1ccc(S(=O)(=O)N2CCN(CC(=O)Nc3cccc4ncccc34)CC2)cc1[N+](=O)[O-]. The molecular weight excluding hydrogens is 462 g/mol. The van der Waals surface area contributed by atoms with Crippen LogP contribution in [0, 0.1) is 10.1 Å². The van der Waals surface area contributed by atoms with Crippen molar-refractivity contribution in [3.8, 4) is 5.75 Å². The summed E-state index contributed by atoms with van der Waals surface area (Å²) in [5.74, 6) is -0.222. The van der Waals surface area contributed by atoms with Crippen LogP contribution >= 0.6 is 0 Å². The van der Waals surface area contributed by atoms with Gasteiger partial charge in [0.1, 0.15) is 0 Å². The number of sulfonamides is 1. The highest BCUT2D eigenvalue weighted by molar-refractivity contribution is 7.89. The number of pyridine rings is 1. The van der Waals surface area contributed by atoms with Gasteiger partial charge in [0.2, 0.25) is 15.9 Å². The van der Waals surface area contributed by atoms with Gasteiger partial charge in [-0.2, -0.15) is 4.31 Å². The molecule has 1 saturated heterocycles. The van der Waals surface area contributed by atoms with E-state index in [1.165, 1.54) is 23.5 Å². The Hall–Kier alpha value is -3.61. The van der Waals surface area contributed by atoms with Gasteiger partial charge in [-0.1, -0.05) is 6.07 Å². The number of rotatable bonds is 7. The summed E-state index contributed by atoms with van der Waals surface area (Å²) >= 11 is 0. The topological polar surface area (TPSA) is 135 Å². The lowest BCUT2D eigenvalue weighted by molar-refractivity contribution is -0.386. The van der Waals surface area contributed by atoms with E-state index in [-0.39, 0.29) is 36.2 Å². The van der Waals surface area contributed by atoms with E-state index in [9.17, 15) is 23.3 Å². The number of nitro benzene ring substituents is 1. The normalized spacial score (nSPS) is 15.2. The zero-order chi connectivity index (χ0) is 24.3. The van der Waals surface area contributed by atoms with E-state index < -0.39 is 20.6 Å². The van der Waals surface area contributed by atoms with Crippen LogP contribution in [0.15, 0.2) is 59.6 Å². The van der Waals surface area contributed by atoms with E-state index in [0.29, 0.717) is 18.8 Å². The zero-order valence-electron chi connectivity index (χ0n) is 18.4. The molecule has 178 valence electrons. The van der Waals surface area contributed by atoms with Crippen LogP contribution in [0.5, 0.6) is 5.75 Å². The summed E-state index contributed by atoms with van der Waals surface area (Å²) in [6.45, 7) is 1.13. The van der Waals surface area contributed by atoms with Crippen LogP contribution < -0.4 is 10.1 Å². The van der Waals surface area contributed by atoms with Crippen molar-refractivity contribution in [3.05, 3.63) is 64.8 Å². The number of ether oxygens (including phenoxy) is 1. The molecular formula is C22H23N5O6S. The summed E-state index contributed by atoms with van der Waals surface area (Å²) < 4.78 is 32.2. The van der Waals surface area contributed by atoms with Gasteiger partial charge in [-0.15, -0.1) is 0 Å². The quantitative estimate of drug-likeness (QED) is 0.397. The monoisotopic (exact) mass is 485 g/mol. The van der Waals surface area contributed by atoms with E-state index in [0.717, 1.165) is 17.0 Å². The van der Waals surface area contributed by atoms with Crippen LogP contribution in [0.3, 0.4) is 0 Å². The molecule has 12 heteroatoms. The van der Waals surface area contributed by atoms with Crippen molar-refractivity contribution in [3.63, 3.8) is 0 Å². The largest absolute Gasteiger partial charge is 0.490 e. The number of benzene rings is 2. The first-order valence-corrected chi connectivity index (χ1v) is 11.9. The number of methoxy groups -OCH3 is 1. The fraction of sp³-hybridized carbons (Fsp3) is 0.273. The van der Waals surface area contributed by atoms with Crippen LogP contribution in [-0.2, 0) is 14.8 Å². The lowest BCUT2D eigenvalue weighted by atomic mass is 10.2. The number of fused-ring (bicyclic) bond motifs is 1. The Balaban J connectivity index is 1.38. The summed E-state index contributed by atoms with van der Waals surface area (Å²) in [4.78, 5) is 29.1. The Morgan fingerprint density at radius 2 is 1.91 bits per heavy atom. The molecule has 0 radical (unpaired) electrons. The van der Waals surface area contributed by atoms with Crippen LogP contribution in [0.4, 0.5) is 11.4 Å². The molecule has 0 spiro atoms. The van der Waals surface area contributed by atoms with Crippen molar-refractivity contribution >= 4 is 38.2 Å². The maximum atomic E-state index is 13.0. The second kappa shape index (κ2) is 9.71. The minimum atomic E-state index is -3.93. The van der Waals surface area contributed by atoms with Gasteiger partial charge in [-0.3, -0.25) is 24.8 Å². The van der Waals surface area contributed by atoms with Crippen molar-refractivity contribution in [2.24, 2.45) is 0 Å². The van der Waals surface area contributed by atoms with Gasteiger partial charge in [-0.05, 0) is 36.4 Å². The standard InChI is InChI=1S/C22H23N5O6S/c1-33-21-8-7-16(14-20(21)27(29)30)34(31,32)26-12-10-25(11-13-26)15-22(28)24-19-6-2-5-18-17(19)4-3-9-23-18/h2-9,14H,10-13,15H2,1H3,(H,24,28). The third kappa shape index (κ3) is 4.83. The maximum Gasteiger partial charge on any atom is 0.312 e. The van der Waals surface area contributed by atoms with Crippen molar-refractivity contribution in [1.29, 1.82) is 0 Å². The molecule has 11 nitrogen and oxygen atoms in total. The first-order chi connectivity index (χ1) is 16.3. The molecule has 4 rings (SSSR count). The number of nitro groups is 1. The zero-order valence-corrected chi connectivity index (χ0v) is 19.2. The minimum absolute atomic E-state index is 0.0123. The molecule has 2 aromatic carbocycles. The van der Waals surface area contributed by atoms with Crippen LogP contribution in [0.1, 0.15) is 0 Å². The highest BCUT2D eigenvalue weighted by atomic mass is 32.2. The van der Waals surface area contributed by atoms with Crippen molar-refractivity contribution in [2.75, 3.05) is 45.2 Å². The second-order valence-electron chi connectivity index (χ2n) is 7.69. The molecule has 1 aliphatic heterocycles. The number of hydrogen-bond acceptors (Lipinski definition) is 8. The van der Waals surface area contributed by atoms with Gasteiger partial charge in [0.05, 0.1) is 34.7 Å². The lowest BCUT2D eigenvalue weighted by Crippen LogP contribution is -2.50. The van der Waals surface area contributed by atoms with Crippen molar-refractivity contribution < 1.29 is 22.9 Å². The number of nitrogens with zero attached hydrogens (tertiary/aromatic N) is 4. The Labute approximate surface area is 196 Å². The van der Waals surface area contributed by atoms with Crippen molar-refractivity contribution in [2.45, 2.75) is 4.90 Å². The number of nitrogens with one attached hydrogen (secondary N) is 1. The smallest absolute Gasteiger partial charge is 0.312 e. The van der Waals surface area contributed by atoms with E-state index >= 15 is 0 Å². The molecule has 0 unspecified atom stereocenters. The van der Waals surface area contributed by atoms with Crippen LogP contribution in [-0.4, -0.2) is 73.3 Å². The van der Waals surface area contributed by atoms with E-state index in [1.807, 2.05) is 23.1 Å². The van der Waals surface area contributed by atoms with Gasteiger partial charge >= 0.3 is 5.69 Å². The average molecular weight is 486 g/mol. The predicted octanol–water partition coefficient (Wildman–Crippen LogP) is 2.10. The average Bonchev–Trinajstić information content (AvgIpc) is 2.84. The van der Waals surface area contributed by atoms with Gasteiger partial charge < -0.3 is 10.1 Å². The number of piperazine rings is 1. The number of carbonyl (C=O) groups is 1. The molecule has 1 aliphatic rings. The number of amides is 1. The number of aromatic nitrogens is 1. The van der Waals surface area contributed by atoms with Gasteiger partial charge in [-0.25, -0.2) is 8.42 Å². The molecule has 1 N–H and O–H groups in total. The summed E-state index contributed by atoms with van der Waals surface area (Å²) in [5, 5.41) is 15.0. The van der Waals surface area contributed by atoms with Gasteiger partial charge in [0, 0.05) is 43.8 Å². The minimum Gasteiger partial charge on any atom is -0.490 e. The Morgan fingerprint density at radius 3 is 2.62 bits per heavy atom. The predicted molar refractivity (Wildman–Crippen MR) is 125 cm³/mol. The summed E-state index contributed by atoms with van der Waals surface area (Å²) in [7, 11) is -2.65. The molecule has 2 heterocycles. The molecule has 0 saturated carbocycles. The highest BCUT2D eigenvalue weighted by Gasteiger charge is 2.31. The Kier molecular flexibility index (Phi) is 6.72. The molecule has 0 bridgehead atoms. The molecule has 1 amide bonds. The van der Waals surface area contributed by atoms with E-state index in [4.69, 9.17) is 4.74 Å². The number of hydrogen-bond donors (Lipinski definition) is 1. The fourth-order valence-electron chi connectivity index (χ4n) is 3.86. The highest BCUT2D eigenvalue weighted by Crippen LogP contribution is 2.31. The summed E-state index contributed by atoms with van der Waals surface area (Å²) in [6.07, 6.45) is 1.69. The molecule has 0 aliphatic carbocycles. The Bertz CT molecular complexity index is 1330. The van der Waals surface area contributed by atoms with Gasteiger partial charge in [0.15, 0.2) is 5.75 Å². The van der Waals surface area contributed by atoms with Crippen LogP contribution in [0.25, 0.3) is 10.9 Å². The third-order valence-corrected chi connectivity index (χ3v) is 7.50. The van der Waals surface area contributed by atoms with Gasteiger partial charge in [0.25, 0.3) is 0 Å². The first kappa shape index (κ1) is 23.5. The fourth-order valence-corrected chi connectivity index (χ4v) is 5.30. The number of carbonyl (C=O) groups excluding carboxylic acids is 1. The summed E-state index contributed by atoms with van der Waals surface area (Å²) in [5.41, 5.74) is 1.03. The number of anilines is 1. The Morgan fingerprint density at radius 1 is 1.15 bits per heavy atom. The third-order valence-electron chi connectivity index (χ3n) is 5.60. The van der Waals surface area contributed by atoms with Crippen molar-refractivity contribution in [1.82, 2.24) is 14.2 Å². The molecule has 0 atom stereocenters. The van der Waals surface area contributed by atoms with E-state index in [2.05, 4.69) is 10.3 Å². The maximum absolute atomic E-state index is 13.0. The molecule has 1 fully saturated rings. The second-order valence-corrected chi connectivity index (χ2v) is 9.63. The molecule has 34 heavy (non-hydrogen) atoms. The molecule has 1 aromatic heterocycles. The van der Waals surface area contributed by atoms with Crippen LogP contribution in [0.2, 0.25) is 0 Å². The van der Waals surface area contributed by atoms with E-state index in [1.54, 1.807) is 18.3 Å². The first-order valence-electron chi connectivity index (χ1n) is 10.5. The lowest BCUT2D eigenvalue weighted by Gasteiger charge is -2.33. The summed E-state index contributed by atoms with van der Waals surface area (Å²) in [6, 6.07) is 12.7. The molecule has 3 aromatic rings.